The largest absolute Gasteiger partial charge is 0.464 e. The fraction of sp³-hybridized carbons (Fsp3) is 0.0400. The number of hydrogen-bond donors (Lipinski definition) is 1. The van der Waals surface area contributed by atoms with E-state index in [0.29, 0.717) is 17.7 Å². The number of nitriles is 1. The van der Waals surface area contributed by atoms with Crippen LogP contribution in [0.25, 0.3) is 33.1 Å². The number of hydrogen-bond acceptors (Lipinski definition) is 3. The smallest absolute Gasteiger partial charge is 0.249 e. The number of aromatic nitrogens is 1. The van der Waals surface area contributed by atoms with Crippen LogP contribution in [-0.2, 0) is 6.54 Å². The summed E-state index contributed by atoms with van der Waals surface area (Å²) in [6.07, 6.45) is 1.63. The van der Waals surface area contributed by atoms with Crippen molar-refractivity contribution in [2.24, 2.45) is 5.73 Å². The molecule has 0 aliphatic rings. The average molecular weight is 390 g/mol. The molecule has 0 atom stereocenters. The molecule has 0 aliphatic carbocycles. The maximum atomic E-state index is 12.1. The van der Waals surface area contributed by atoms with E-state index in [1.165, 1.54) is 0 Å². The van der Waals surface area contributed by atoms with E-state index in [-0.39, 0.29) is 0 Å². The summed E-state index contributed by atoms with van der Waals surface area (Å²) in [5.41, 5.74) is 10.3. The van der Waals surface area contributed by atoms with Gasteiger partial charge in [-0.25, -0.2) is 0 Å². The maximum Gasteiger partial charge on any atom is 0.249 e. The molecular formula is C25H16N3O2. The van der Waals surface area contributed by atoms with E-state index in [2.05, 4.69) is 16.7 Å². The second-order valence-corrected chi connectivity index (χ2v) is 7.04. The van der Waals surface area contributed by atoms with Crippen LogP contribution < -0.4 is 5.73 Å². The van der Waals surface area contributed by atoms with Crippen molar-refractivity contribution in [1.82, 2.24) is 4.57 Å². The van der Waals surface area contributed by atoms with Crippen molar-refractivity contribution >= 4 is 27.7 Å². The van der Waals surface area contributed by atoms with Crippen LogP contribution >= 0.6 is 0 Å². The molecule has 5 nitrogen and oxygen atoms in total. The molecule has 5 aromatic rings. The molecule has 143 valence electrons. The van der Waals surface area contributed by atoms with Crippen molar-refractivity contribution in [3.63, 3.8) is 0 Å². The van der Waals surface area contributed by atoms with Gasteiger partial charge in [0.05, 0.1) is 28.9 Å². The molecule has 0 bridgehead atoms. The van der Waals surface area contributed by atoms with Gasteiger partial charge in [0, 0.05) is 28.4 Å². The number of benzene rings is 3. The van der Waals surface area contributed by atoms with E-state index in [1.54, 1.807) is 18.4 Å². The second-order valence-electron chi connectivity index (χ2n) is 7.04. The number of carbonyl (C=O) groups is 1. The Balaban J connectivity index is 1.84. The number of primary amides is 1. The minimum atomic E-state index is -0.486. The van der Waals surface area contributed by atoms with Crippen LogP contribution in [0.2, 0.25) is 0 Å². The Labute approximate surface area is 172 Å². The summed E-state index contributed by atoms with van der Waals surface area (Å²) >= 11 is 0. The van der Waals surface area contributed by atoms with E-state index in [1.807, 2.05) is 54.6 Å². The molecule has 2 aromatic heterocycles. The third-order valence-corrected chi connectivity index (χ3v) is 5.33. The number of nitrogens with two attached hydrogens (primary N) is 1. The zero-order valence-electron chi connectivity index (χ0n) is 15.9. The van der Waals surface area contributed by atoms with Gasteiger partial charge in [-0.2, -0.15) is 5.26 Å². The molecule has 1 radical (unpaired) electrons. The second kappa shape index (κ2) is 6.94. The van der Waals surface area contributed by atoms with Gasteiger partial charge in [-0.15, -0.1) is 0 Å². The number of amides is 1. The van der Waals surface area contributed by atoms with Crippen LogP contribution in [0.5, 0.6) is 0 Å². The normalized spacial score (nSPS) is 11.0. The summed E-state index contributed by atoms with van der Waals surface area (Å²) < 4.78 is 7.65. The number of rotatable bonds is 4. The van der Waals surface area contributed by atoms with Crippen molar-refractivity contribution in [2.75, 3.05) is 0 Å². The van der Waals surface area contributed by atoms with E-state index in [0.717, 1.165) is 38.7 Å². The van der Waals surface area contributed by atoms with Crippen LogP contribution in [0, 0.1) is 17.4 Å². The minimum absolute atomic E-state index is 0.451. The van der Waals surface area contributed by atoms with Crippen molar-refractivity contribution in [1.29, 1.82) is 5.26 Å². The van der Waals surface area contributed by atoms with Crippen molar-refractivity contribution < 1.29 is 9.21 Å². The van der Waals surface area contributed by atoms with Crippen LogP contribution in [0.3, 0.4) is 0 Å². The highest BCUT2D eigenvalue weighted by Gasteiger charge is 2.18. The monoisotopic (exact) mass is 390 g/mol. The van der Waals surface area contributed by atoms with E-state index in [9.17, 15) is 10.1 Å². The van der Waals surface area contributed by atoms with Crippen LogP contribution in [0.4, 0.5) is 0 Å². The number of carbonyl (C=O) groups excluding carboxylic acids is 1. The van der Waals surface area contributed by atoms with Gasteiger partial charge in [-0.3, -0.25) is 4.79 Å². The fourth-order valence-corrected chi connectivity index (χ4v) is 3.95. The van der Waals surface area contributed by atoms with Gasteiger partial charge < -0.3 is 14.7 Å². The molecule has 0 aliphatic heterocycles. The third-order valence-electron chi connectivity index (χ3n) is 5.33. The Morgan fingerprint density at radius 1 is 1.10 bits per heavy atom. The van der Waals surface area contributed by atoms with Crippen LogP contribution in [-0.4, -0.2) is 10.5 Å². The number of furan rings is 1. The zero-order valence-corrected chi connectivity index (χ0v) is 15.9. The summed E-state index contributed by atoms with van der Waals surface area (Å²) in [7, 11) is 0. The Hall–Kier alpha value is -4.30. The molecule has 1 amide bonds. The Kier molecular flexibility index (Phi) is 4.11. The molecule has 0 unspecified atom stereocenters. The minimum Gasteiger partial charge on any atom is -0.464 e. The van der Waals surface area contributed by atoms with Gasteiger partial charge >= 0.3 is 0 Å². The lowest BCUT2D eigenvalue weighted by Crippen LogP contribution is -2.11. The molecule has 2 N–H and O–H groups in total. The van der Waals surface area contributed by atoms with E-state index >= 15 is 0 Å². The lowest BCUT2D eigenvalue weighted by molar-refractivity contribution is 0.100. The summed E-state index contributed by atoms with van der Waals surface area (Å²) in [4.78, 5) is 12.1. The molecule has 2 heterocycles. The Morgan fingerprint density at radius 2 is 1.97 bits per heavy atom. The topological polar surface area (TPSA) is 84.9 Å². The van der Waals surface area contributed by atoms with Crippen LogP contribution in [0.1, 0.15) is 21.5 Å². The maximum absolute atomic E-state index is 12.1. The molecule has 5 rings (SSSR count). The predicted octanol–water partition coefficient (Wildman–Crippen LogP) is 4.87. The third kappa shape index (κ3) is 2.75. The van der Waals surface area contributed by atoms with Crippen molar-refractivity contribution in [3.05, 3.63) is 95.7 Å². The van der Waals surface area contributed by atoms with Gasteiger partial charge in [0.25, 0.3) is 0 Å². The summed E-state index contributed by atoms with van der Waals surface area (Å²) in [6.45, 7) is 0.474. The van der Waals surface area contributed by atoms with Gasteiger partial charge in [-0.05, 0) is 54.1 Å². The highest BCUT2D eigenvalue weighted by atomic mass is 16.3. The van der Waals surface area contributed by atoms with Gasteiger partial charge in [0.1, 0.15) is 5.76 Å². The molecule has 0 saturated heterocycles. The molecule has 0 fully saturated rings. The predicted molar refractivity (Wildman–Crippen MR) is 115 cm³/mol. The number of fused-ring (bicyclic) bond motifs is 3. The van der Waals surface area contributed by atoms with E-state index in [4.69, 9.17) is 10.2 Å². The first-order valence-electron chi connectivity index (χ1n) is 9.45. The molecule has 0 spiro atoms. The van der Waals surface area contributed by atoms with Gasteiger partial charge in [0.2, 0.25) is 5.91 Å². The van der Waals surface area contributed by atoms with Gasteiger partial charge in [-0.1, -0.05) is 24.3 Å². The highest BCUT2D eigenvalue weighted by Crippen LogP contribution is 2.35. The van der Waals surface area contributed by atoms with E-state index < -0.39 is 5.91 Å². The molecule has 3 aromatic carbocycles. The summed E-state index contributed by atoms with van der Waals surface area (Å²) in [5.74, 6) is 0.248. The average Bonchev–Trinajstić information content (AvgIpc) is 3.41. The Morgan fingerprint density at radius 3 is 2.73 bits per heavy atom. The first-order chi connectivity index (χ1) is 14.7. The zero-order chi connectivity index (χ0) is 20.7. The SMILES string of the molecule is N#Cc1ccccc1Cn1c2cc(-c3ccco3)c[c]c2c2c(C(N)=O)cccc21. The fourth-order valence-electron chi connectivity index (χ4n) is 3.95. The van der Waals surface area contributed by atoms with Crippen molar-refractivity contribution in [2.45, 2.75) is 6.54 Å². The quantitative estimate of drug-likeness (QED) is 0.475. The lowest BCUT2D eigenvalue weighted by atomic mass is 10.0. The summed E-state index contributed by atoms with van der Waals surface area (Å²) in [6, 6.07) is 26.2. The van der Waals surface area contributed by atoms with Crippen molar-refractivity contribution in [3.8, 4) is 17.4 Å². The molecular weight excluding hydrogens is 374 g/mol. The van der Waals surface area contributed by atoms with Gasteiger partial charge in [0.15, 0.2) is 0 Å². The first kappa shape index (κ1) is 17.8. The van der Waals surface area contributed by atoms with Crippen LogP contribution in [0.15, 0.2) is 77.4 Å². The molecule has 30 heavy (non-hydrogen) atoms. The summed E-state index contributed by atoms with van der Waals surface area (Å²) in [5, 5.41) is 11.1. The lowest BCUT2D eigenvalue weighted by Gasteiger charge is -2.10. The standard InChI is InChI=1S/C25H16N3O2/c26-14-17-5-1-2-6-18(17)15-28-21-8-3-7-20(25(27)29)24(21)19-11-10-16(13-22(19)28)23-9-4-12-30-23/h1-10,12-13H,15H2,(H2,27,29). The molecule has 5 heteroatoms. The first-order valence-corrected chi connectivity index (χ1v) is 9.45. The molecule has 0 saturated carbocycles. The number of nitrogens with zero attached hydrogens (tertiary/aromatic N) is 2. The highest BCUT2D eigenvalue weighted by molar-refractivity contribution is 6.18. The Bertz CT molecular complexity index is 1450.